The maximum atomic E-state index is 13.6. The lowest BCUT2D eigenvalue weighted by Crippen LogP contribution is -2.30. The summed E-state index contributed by atoms with van der Waals surface area (Å²) in [6.07, 6.45) is -1.11. The van der Waals surface area contributed by atoms with E-state index in [2.05, 4.69) is 21.2 Å². The molecule has 0 bridgehead atoms. The Hall–Kier alpha value is -1.92. The number of hydrogen-bond donors (Lipinski definition) is 1. The predicted octanol–water partition coefficient (Wildman–Crippen LogP) is 4.43. The molecule has 0 aromatic heterocycles. The Kier molecular flexibility index (Phi) is 5.74. The molecule has 0 saturated carbocycles. The first-order chi connectivity index (χ1) is 10.9. The summed E-state index contributed by atoms with van der Waals surface area (Å²) in [6, 6.07) is 10.5. The second-order valence-electron chi connectivity index (χ2n) is 4.64. The summed E-state index contributed by atoms with van der Waals surface area (Å²) in [4.78, 5) is 24.0. The fourth-order valence-electron chi connectivity index (χ4n) is 1.73. The van der Waals surface area contributed by atoms with Gasteiger partial charge in [-0.05, 0) is 37.3 Å². The Labute approximate surface area is 145 Å². The maximum absolute atomic E-state index is 13.6. The monoisotopic (exact) mass is 399 g/mol. The summed E-state index contributed by atoms with van der Waals surface area (Å²) >= 11 is 9.08. The molecule has 0 unspecified atom stereocenters. The van der Waals surface area contributed by atoms with Crippen LogP contribution in [0.5, 0.6) is 0 Å². The molecule has 1 atom stereocenters. The molecule has 4 nitrogen and oxygen atoms in total. The van der Waals surface area contributed by atoms with Gasteiger partial charge in [-0.3, -0.25) is 4.79 Å². The quantitative estimate of drug-likeness (QED) is 0.773. The van der Waals surface area contributed by atoms with E-state index in [1.165, 1.54) is 19.1 Å². The number of nitrogens with one attached hydrogen (secondary N) is 1. The number of esters is 1. The molecule has 1 amide bonds. The van der Waals surface area contributed by atoms with Gasteiger partial charge in [-0.2, -0.15) is 0 Å². The Balaban J connectivity index is 2.05. The Morgan fingerprint density at radius 2 is 1.96 bits per heavy atom. The molecule has 0 radical (unpaired) electrons. The van der Waals surface area contributed by atoms with Crippen LogP contribution in [-0.2, 0) is 9.53 Å². The van der Waals surface area contributed by atoms with Crippen LogP contribution in [-0.4, -0.2) is 18.0 Å². The topological polar surface area (TPSA) is 55.4 Å². The minimum atomic E-state index is -1.11. The van der Waals surface area contributed by atoms with Crippen LogP contribution in [0.15, 0.2) is 46.9 Å². The van der Waals surface area contributed by atoms with Gasteiger partial charge < -0.3 is 10.1 Å². The third-order valence-corrected chi connectivity index (χ3v) is 3.76. The van der Waals surface area contributed by atoms with Crippen LogP contribution in [0.25, 0.3) is 0 Å². The highest BCUT2D eigenvalue weighted by Gasteiger charge is 2.21. The molecule has 0 aliphatic carbocycles. The largest absolute Gasteiger partial charge is 0.449 e. The summed E-state index contributed by atoms with van der Waals surface area (Å²) in [6.45, 7) is 1.39. The van der Waals surface area contributed by atoms with Crippen molar-refractivity contribution in [3.8, 4) is 0 Å². The molecule has 2 aromatic carbocycles. The smallest absolute Gasteiger partial charge is 0.341 e. The molecule has 1 N–H and O–H groups in total. The molecule has 0 saturated heterocycles. The third-order valence-electron chi connectivity index (χ3n) is 2.93. The van der Waals surface area contributed by atoms with E-state index in [1.807, 2.05) is 0 Å². The van der Waals surface area contributed by atoms with E-state index in [1.54, 1.807) is 24.3 Å². The number of anilines is 1. The van der Waals surface area contributed by atoms with Gasteiger partial charge in [0.05, 0.1) is 16.3 Å². The number of ether oxygens (including phenoxy) is 1. The summed E-state index contributed by atoms with van der Waals surface area (Å²) in [5, 5.41) is 2.90. The van der Waals surface area contributed by atoms with Crippen molar-refractivity contribution in [1.82, 2.24) is 0 Å². The molecule has 0 aliphatic heterocycles. The summed E-state index contributed by atoms with van der Waals surface area (Å²) in [7, 11) is 0. The average molecular weight is 401 g/mol. The van der Waals surface area contributed by atoms with Crippen molar-refractivity contribution in [2.75, 3.05) is 5.32 Å². The fraction of sp³-hybridized carbons (Fsp3) is 0.125. The van der Waals surface area contributed by atoms with Gasteiger partial charge in [-0.15, -0.1) is 0 Å². The summed E-state index contributed by atoms with van der Waals surface area (Å²) in [5.41, 5.74) is 0.146. The molecule has 2 rings (SSSR count). The highest BCUT2D eigenvalue weighted by Crippen LogP contribution is 2.21. The van der Waals surface area contributed by atoms with Crippen molar-refractivity contribution in [2.45, 2.75) is 13.0 Å². The fourth-order valence-corrected chi connectivity index (χ4v) is 2.27. The van der Waals surface area contributed by atoms with Gasteiger partial charge >= 0.3 is 5.97 Å². The average Bonchev–Trinajstić information content (AvgIpc) is 2.51. The molecule has 7 heteroatoms. The van der Waals surface area contributed by atoms with Crippen LogP contribution in [0.3, 0.4) is 0 Å². The Morgan fingerprint density at radius 1 is 1.26 bits per heavy atom. The molecular weight excluding hydrogens is 389 g/mol. The van der Waals surface area contributed by atoms with Crippen molar-refractivity contribution in [3.63, 3.8) is 0 Å². The number of para-hydroxylation sites is 1. The number of benzene rings is 2. The first-order valence-electron chi connectivity index (χ1n) is 6.60. The molecule has 0 aliphatic rings. The number of carbonyl (C=O) groups is 2. The molecule has 2 aromatic rings. The predicted molar refractivity (Wildman–Crippen MR) is 89.1 cm³/mol. The van der Waals surface area contributed by atoms with Gasteiger partial charge in [-0.1, -0.05) is 39.7 Å². The van der Waals surface area contributed by atoms with Gasteiger partial charge in [-0.25, -0.2) is 9.18 Å². The van der Waals surface area contributed by atoms with Crippen LogP contribution < -0.4 is 5.32 Å². The number of carbonyl (C=O) groups excluding carboxylic acids is 2. The van der Waals surface area contributed by atoms with Crippen LogP contribution in [0.4, 0.5) is 10.1 Å². The second-order valence-corrected chi connectivity index (χ2v) is 5.96. The SMILES string of the molecule is C[C@H](OC(=O)c1cc(Br)ccc1F)C(=O)Nc1ccccc1Cl. The summed E-state index contributed by atoms with van der Waals surface area (Å²) < 4.78 is 19.1. The van der Waals surface area contributed by atoms with Crippen LogP contribution >= 0.6 is 27.5 Å². The maximum Gasteiger partial charge on any atom is 0.341 e. The number of rotatable bonds is 4. The molecule has 23 heavy (non-hydrogen) atoms. The first-order valence-corrected chi connectivity index (χ1v) is 7.77. The lowest BCUT2D eigenvalue weighted by atomic mass is 10.2. The van der Waals surface area contributed by atoms with E-state index >= 15 is 0 Å². The van der Waals surface area contributed by atoms with Crippen LogP contribution in [0.2, 0.25) is 5.02 Å². The molecule has 0 spiro atoms. The number of amides is 1. The van der Waals surface area contributed by atoms with Gasteiger partial charge in [0.25, 0.3) is 5.91 Å². The van der Waals surface area contributed by atoms with Crippen molar-refractivity contribution >= 4 is 45.1 Å². The molecular formula is C16H12BrClFNO3. The van der Waals surface area contributed by atoms with E-state index in [4.69, 9.17) is 16.3 Å². The molecule has 0 heterocycles. The normalized spacial score (nSPS) is 11.7. The number of halogens is 3. The van der Waals surface area contributed by atoms with Crippen LogP contribution in [0, 0.1) is 5.82 Å². The zero-order chi connectivity index (χ0) is 17.0. The Morgan fingerprint density at radius 3 is 2.65 bits per heavy atom. The van der Waals surface area contributed by atoms with Gasteiger partial charge in [0.2, 0.25) is 0 Å². The zero-order valence-corrected chi connectivity index (χ0v) is 14.3. The van der Waals surface area contributed by atoms with Gasteiger partial charge in [0, 0.05) is 4.47 Å². The lowest BCUT2D eigenvalue weighted by molar-refractivity contribution is -0.123. The molecule has 120 valence electrons. The second kappa shape index (κ2) is 7.57. The molecule has 0 fully saturated rings. The minimum Gasteiger partial charge on any atom is -0.449 e. The zero-order valence-electron chi connectivity index (χ0n) is 12.0. The van der Waals surface area contributed by atoms with Crippen molar-refractivity contribution in [3.05, 3.63) is 63.3 Å². The van der Waals surface area contributed by atoms with E-state index in [9.17, 15) is 14.0 Å². The van der Waals surface area contributed by atoms with Gasteiger partial charge in [0.1, 0.15) is 5.82 Å². The third kappa shape index (κ3) is 4.53. The standard InChI is InChI=1S/C16H12BrClFNO3/c1-9(15(21)20-14-5-3-2-4-12(14)18)23-16(22)11-8-10(17)6-7-13(11)19/h2-9H,1H3,(H,20,21)/t9-/m0/s1. The van der Waals surface area contributed by atoms with Crippen LogP contribution in [0.1, 0.15) is 17.3 Å². The van der Waals surface area contributed by atoms with Crippen molar-refractivity contribution < 1.29 is 18.7 Å². The van der Waals surface area contributed by atoms with E-state index < -0.39 is 23.8 Å². The number of hydrogen-bond acceptors (Lipinski definition) is 3. The van der Waals surface area contributed by atoms with Gasteiger partial charge in [0.15, 0.2) is 6.10 Å². The van der Waals surface area contributed by atoms with E-state index in [0.29, 0.717) is 15.2 Å². The lowest BCUT2D eigenvalue weighted by Gasteiger charge is -2.14. The van der Waals surface area contributed by atoms with E-state index in [0.717, 1.165) is 6.07 Å². The van der Waals surface area contributed by atoms with E-state index in [-0.39, 0.29) is 5.56 Å². The first kappa shape index (κ1) is 17.4. The summed E-state index contributed by atoms with van der Waals surface area (Å²) in [5.74, 6) is -2.22. The highest BCUT2D eigenvalue weighted by atomic mass is 79.9. The Bertz CT molecular complexity index is 754. The highest BCUT2D eigenvalue weighted by molar-refractivity contribution is 9.10. The van der Waals surface area contributed by atoms with Crippen molar-refractivity contribution in [2.24, 2.45) is 0 Å². The minimum absolute atomic E-state index is 0.253. The van der Waals surface area contributed by atoms with Crippen molar-refractivity contribution in [1.29, 1.82) is 0 Å².